The smallest absolute Gasteiger partial charge is 0.192 e. The Morgan fingerprint density at radius 2 is 2.00 bits per heavy atom. The third-order valence-corrected chi connectivity index (χ3v) is 4.26. The van der Waals surface area contributed by atoms with Crippen molar-refractivity contribution in [1.29, 1.82) is 0 Å². The molecule has 2 aromatic rings. The number of aromatic nitrogens is 2. The van der Waals surface area contributed by atoms with Gasteiger partial charge < -0.3 is 15.2 Å². The first kappa shape index (κ1) is 22.4. The third kappa shape index (κ3) is 6.59. The fraction of sp³-hybridized carbons (Fsp3) is 0.526. The number of hydrogen-bond acceptors (Lipinski definition) is 4. The predicted octanol–water partition coefficient (Wildman–Crippen LogP) is 4.15. The zero-order valence-corrected chi connectivity index (χ0v) is 18.4. The second kappa shape index (κ2) is 11.9. The molecule has 0 saturated heterocycles. The first-order chi connectivity index (χ1) is 12.2. The summed E-state index contributed by atoms with van der Waals surface area (Å²) in [7, 11) is 0. The second-order valence-electron chi connectivity index (χ2n) is 6.05. The molecular weight excluding hydrogens is 441 g/mol. The lowest BCUT2D eigenvalue weighted by atomic mass is 9.99. The van der Waals surface area contributed by atoms with Crippen LogP contribution in [0.4, 0.5) is 0 Å². The molecule has 7 heteroatoms. The molecule has 0 aromatic carbocycles. The van der Waals surface area contributed by atoms with Crippen molar-refractivity contribution in [2.75, 3.05) is 6.54 Å². The van der Waals surface area contributed by atoms with Crippen LogP contribution in [0.3, 0.4) is 0 Å². The monoisotopic (exact) mass is 471 g/mol. The molecule has 2 rings (SSSR count). The topological polar surface area (TPSA) is 75.3 Å². The van der Waals surface area contributed by atoms with Crippen molar-refractivity contribution in [3.8, 4) is 0 Å². The summed E-state index contributed by atoms with van der Waals surface area (Å²) in [6.07, 6.45) is 3.94. The fourth-order valence-corrected chi connectivity index (χ4v) is 2.66. The molecular formula is C19H30IN5O. The number of nitrogens with zero attached hydrogens (tertiary/aromatic N) is 3. The van der Waals surface area contributed by atoms with E-state index in [9.17, 15) is 0 Å². The van der Waals surface area contributed by atoms with Gasteiger partial charge in [-0.25, -0.2) is 4.99 Å². The van der Waals surface area contributed by atoms with Crippen LogP contribution in [-0.2, 0) is 13.1 Å². The molecule has 0 bridgehead atoms. The van der Waals surface area contributed by atoms with Crippen LogP contribution in [-0.4, -0.2) is 22.6 Å². The molecule has 2 aromatic heterocycles. The number of aryl methyl sites for hydroxylation is 1. The lowest BCUT2D eigenvalue weighted by molar-refractivity contribution is 0.368. The van der Waals surface area contributed by atoms with Gasteiger partial charge in [0.05, 0.1) is 24.5 Å². The van der Waals surface area contributed by atoms with Crippen LogP contribution >= 0.6 is 24.0 Å². The molecule has 2 heterocycles. The van der Waals surface area contributed by atoms with Crippen LogP contribution in [0.2, 0.25) is 0 Å². The molecule has 0 spiro atoms. The molecule has 0 unspecified atom stereocenters. The van der Waals surface area contributed by atoms with Crippen molar-refractivity contribution >= 4 is 29.9 Å². The molecule has 0 saturated carbocycles. The summed E-state index contributed by atoms with van der Waals surface area (Å²) in [6, 6.07) is 6.02. The van der Waals surface area contributed by atoms with Gasteiger partial charge in [0.15, 0.2) is 11.7 Å². The van der Waals surface area contributed by atoms with Gasteiger partial charge in [-0.3, -0.25) is 4.98 Å². The number of rotatable bonds is 8. The van der Waals surface area contributed by atoms with Gasteiger partial charge in [0.25, 0.3) is 0 Å². The van der Waals surface area contributed by atoms with E-state index in [-0.39, 0.29) is 24.0 Å². The summed E-state index contributed by atoms with van der Waals surface area (Å²) < 4.78 is 5.45. The normalized spacial score (nSPS) is 11.3. The van der Waals surface area contributed by atoms with Crippen molar-refractivity contribution in [3.63, 3.8) is 0 Å². The first-order valence-electron chi connectivity index (χ1n) is 9.06. The molecule has 0 radical (unpaired) electrons. The van der Waals surface area contributed by atoms with Crippen molar-refractivity contribution < 1.29 is 4.52 Å². The molecule has 144 valence electrons. The lowest BCUT2D eigenvalue weighted by Gasteiger charge is -2.10. The first-order valence-corrected chi connectivity index (χ1v) is 9.06. The maximum atomic E-state index is 5.45. The summed E-state index contributed by atoms with van der Waals surface area (Å²) in [5, 5.41) is 10.7. The van der Waals surface area contributed by atoms with Gasteiger partial charge in [-0.1, -0.05) is 25.1 Å². The number of halogens is 1. The van der Waals surface area contributed by atoms with Gasteiger partial charge in [-0.2, -0.15) is 0 Å². The molecule has 2 N–H and O–H groups in total. The summed E-state index contributed by atoms with van der Waals surface area (Å²) in [5.41, 5.74) is 3.16. The van der Waals surface area contributed by atoms with Crippen LogP contribution in [0.5, 0.6) is 0 Å². The standard InChI is InChI=1S/C19H29N5O.HI/c1-5-15(6-2)17-11-16(25-24-17)12-22-19(20-7-3)23-13-18-14(4)9-8-10-21-18;/h8-11,15H,5-7,12-13H2,1-4H3,(H2,20,22,23);1H. The average Bonchev–Trinajstić information content (AvgIpc) is 3.08. The molecule has 0 aliphatic heterocycles. The van der Waals surface area contributed by atoms with Crippen molar-refractivity contribution in [1.82, 2.24) is 20.8 Å². The third-order valence-electron chi connectivity index (χ3n) is 4.26. The fourth-order valence-electron chi connectivity index (χ4n) is 2.66. The van der Waals surface area contributed by atoms with Crippen LogP contribution in [0.1, 0.15) is 62.2 Å². The molecule has 0 amide bonds. The largest absolute Gasteiger partial charge is 0.359 e. The molecule has 0 fully saturated rings. The van der Waals surface area contributed by atoms with E-state index in [1.807, 2.05) is 32.0 Å². The number of guanidine groups is 1. The molecule has 0 aliphatic rings. The summed E-state index contributed by atoms with van der Waals surface area (Å²) >= 11 is 0. The zero-order chi connectivity index (χ0) is 18.1. The molecule has 6 nitrogen and oxygen atoms in total. The zero-order valence-electron chi connectivity index (χ0n) is 16.1. The number of hydrogen-bond donors (Lipinski definition) is 2. The Hall–Kier alpha value is -1.64. The van der Waals surface area contributed by atoms with Gasteiger partial charge in [-0.05, 0) is 38.3 Å². The van der Waals surface area contributed by atoms with Gasteiger partial charge in [0.2, 0.25) is 0 Å². The Bertz CT molecular complexity index is 682. The molecule has 0 aliphatic carbocycles. The van der Waals surface area contributed by atoms with Crippen LogP contribution in [0.15, 0.2) is 33.9 Å². The number of pyridine rings is 1. The van der Waals surface area contributed by atoms with Crippen molar-refractivity contribution in [2.24, 2.45) is 4.99 Å². The van der Waals surface area contributed by atoms with E-state index in [0.29, 0.717) is 19.0 Å². The summed E-state index contributed by atoms with van der Waals surface area (Å²) in [6.45, 7) is 10.3. The van der Waals surface area contributed by atoms with Gasteiger partial charge in [-0.15, -0.1) is 24.0 Å². The van der Waals surface area contributed by atoms with Gasteiger partial charge in [0.1, 0.15) is 0 Å². The molecule has 26 heavy (non-hydrogen) atoms. The number of nitrogens with one attached hydrogen (secondary N) is 2. The highest BCUT2D eigenvalue weighted by Crippen LogP contribution is 2.22. The maximum Gasteiger partial charge on any atom is 0.192 e. The van der Waals surface area contributed by atoms with Crippen molar-refractivity contribution in [3.05, 3.63) is 47.1 Å². The highest BCUT2D eigenvalue weighted by atomic mass is 127. The Balaban J connectivity index is 0.00000338. The highest BCUT2D eigenvalue weighted by molar-refractivity contribution is 14.0. The van der Waals surface area contributed by atoms with Crippen LogP contribution in [0, 0.1) is 6.92 Å². The Morgan fingerprint density at radius 1 is 1.23 bits per heavy atom. The van der Waals surface area contributed by atoms with Crippen LogP contribution in [0.25, 0.3) is 0 Å². The SMILES string of the molecule is CCNC(=NCc1ncccc1C)NCc1cc(C(CC)CC)no1.I. The highest BCUT2D eigenvalue weighted by Gasteiger charge is 2.13. The lowest BCUT2D eigenvalue weighted by Crippen LogP contribution is -2.36. The average molecular weight is 471 g/mol. The minimum absolute atomic E-state index is 0. The predicted molar refractivity (Wildman–Crippen MR) is 116 cm³/mol. The second-order valence-corrected chi connectivity index (χ2v) is 6.05. The van der Waals surface area contributed by atoms with E-state index in [2.05, 4.69) is 39.6 Å². The van der Waals surface area contributed by atoms with Gasteiger partial charge >= 0.3 is 0 Å². The van der Waals surface area contributed by atoms with E-state index in [1.165, 1.54) is 0 Å². The maximum absolute atomic E-state index is 5.45. The van der Waals surface area contributed by atoms with E-state index in [4.69, 9.17) is 4.52 Å². The Morgan fingerprint density at radius 3 is 2.65 bits per heavy atom. The summed E-state index contributed by atoms with van der Waals surface area (Å²) in [5.74, 6) is 2.03. The summed E-state index contributed by atoms with van der Waals surface area (Å²) in [4.78, 5) is 8.98. The van der Waals surface area contributed by atoms with Crippen molar-refractivity contribution in [2.45, 2.75) is 59.5 Å². The minimum atomic E-state index is 0. The van der Waals surface area contributed by atoms with E-state index in [1.54, 1.807) is 6.20 Å². The quantitative estimate of drug-likeness (QED) is 0.344. The van der Waals surface area contributed by atoms with Gasteiger partial charge in [0, 0.05) is 24.7 Å². The van der Waals surface area contributed by atoms with E-state index < -0.39 is 0 Å². The van der Waals surface area contributed by atoms with E-state index in [0.717, 1.165) is 48.1 Å². The van der Waals surface area contributed by atoms with E-state index >= 15 is 0 Å². The van der Waals surface area contributed by atoms with Crippen LogP contribution < -0.4 is 10.6 Å². The Kier molecular flexibility index (Phi) is 10.2. The Labute approximate surface area is 173 Å². The number of aliphatic imine (C=N–C) groups is 1. The minimum Gasteiger partial charge on any atom is -0.359 e. The molecule has 0 atom stereocenters.